The van der Waals surface area contributed by atoms with Crippen LogP contribution in [0.4, 0.5) is 4.39 Å². The van der Waals surface area contributed by atoms with Gasteiger partial charge in [0, 0.05) is 10.9 Å². The molecule has 0 N–H and O–H groups in total. The van der Waals surface area contributed by atoms with E-state index in [1.807, 2.05) is 6.07 Å². The second-order valence-corrected chi connectivity index (χ2v) is 5.66. The molecule has 0 aliphatic carbocycles. The molecule has 0 aliphatic heterocycles. The highest BCUT2D eigenvalue weighted by Crippen LogP contribution is 2.33. The lowest BCUT2D eigenvalue weighted by atomic mass is 10.2. The van der Waals surface area contributed by atoms with Gasteiger partial charge in [-0.2, -0.15) is 5.26 Å². The Morgan fingerprint density at radius 2 is 2.05 bits per heavy atom. The molecule has 0 spiro atoms. The number of thiophene rings is 1. The van der Waals surface area contributed by atoms with Crippen molar-refractivity contribution in [2.45, 2.75) is 0 Å². The minimum Gasteiger partial charge on any atom is -0.280 e. The molecule has 0 fully saturated rings. The van der Waals surface area contributed by atoms with Crippen LogP contribution in [-0.4, -0.2) is 14.6 Å². The van der Waals surface area contributed by atoms with Crippen molar-refractivity contribution in [3.8, 4) is 16.8 Å². The lowest BCUT2D eigenvalue weighted by molar-refractivity contribution is 0.630. The summed E-state index contributed by atoms with van der Waals surface area (Å²) in [6.45, 7) is 0. The van der Waals surface area contributed by atoms with Gasteiger partial charge in [0.1, 0.15) is 11.9 Å². The molecule has 3 heterocycles. The molecule has 100 valence electrons. The van der Waals surface area contributed by atoms with Crippen LogP contribution < -0.4 is 0 Å². The SMILES string of the molecule is N#Cc1ccc2nnc(-c3cc4ccc(F)cc4s3)n2c1. The minimum absolute atomic E-state index is 0.256. The van der Waals surface area contributed by atoms with Gasteiger partial charge in [-0.05, 0) is 35.7 Å². The number of aromatic nitrogens is 3. The molecule has 0 saturated heterocycles. The fraction of sp³-hybridized carbons (Fsp3) is 0. The highest BCUT2D eigenvalue weighted by atomic mass is 32.1. The van der Waals surface area contributed by atoms with Gasteiger partial charge in [0.15, 0.2) is 11.5 Å². The summed E-state index contributed by atoms with van der Waals surface area (Å²) in [6.07, 6.45) is 1.70. The standard InChI is InChI=1S/C15H7FN4S/c16-11-3-2-10-5-13(21-12(10)6-11)15-19-18-14-4-1-9(7-17)8-20(14)15/h1-6,8H. The van der Waals surface area contributed by atoms with Gasteiger partial charge in [-0.25, -0.2) is 4.39 Å². The normalized spacial score (nSPS) is 11.0. The highest BCUT2D eigenvalue weighted by Gasteiger charge is 2.12. The number of nitriles is 1. The molecule has 0 radical (unpaired) electrons. The van der Waals surface area contributed by atoms with Gasteiger partial charge >= 0.3 is 0 Å². The zero-order valence-electron chi connectivity index (χ0n) is 10.6. The molecular formula is C15H7FN4S. The molecule has 4 rings (SSSR count). The molecule has 6 heteroatoms. The Bertz CT molecular complexity index is 1030. The number of benzene rings is 1. The molecule has 0 atom stereocenters. The average Bonchev–Trinajstić information content (AvgIpc) is 3.08. The number of hydrogen-bond acceptors (Lipinski definition) is 4. The van der Waals surface area contributed by atoms with E-state index in [1.54, 1.807) is 28.8 Å². The summed E-state index contributed by atoms with van der Waals surface area (Å²) < 4.78 is 15.9. The molecular weight excluding hydrogens is 287 g/mol. The summed E-state index contributed by atoms with van der Waals surface area (Å²) in [5.74, 6) is 0.400. The molecule has 1 aromatic carbocycles. The molecule has 0 unspecified atom stereocenters. The minimum atomic E-state index is -0.256. The number of rotatable bonds is 1. The topological polar surface area (TPSA) is 54.0 Å². The second kappa shape index (κ2) is 4.36. The lowest BCUT2D eigenvalue weighted by Gasteiger charge is -1.96. The van der Waals surface area contributed by atoms with E-state index in [1.165, 1.54) is 23.5 Å². The number of fused-ring (bicyclic) bond motifs is 2. The molecule has 0 saturated carbocycles. The fourth-order valence-electron chi connectivity index (χ4n) is 2.24. The van der Waals surface area contributed by atoms with Gasteiger partial charge in [-0.1, -0.05) is 6.07 Å². The maximum absolute atomic E-state index is 13.3. The number of halogens is 1. The van der Waals surface area contributed by atoms with Crippen molar-refractivity contribution in [3.05, 3.63) is 54.0 Å². The number of hydrogen-bond donors (Lipinski definition) is 0. The predicted octanol–water partition coefficient (Wildman–Crippen LogP) is 3.62. The zero-order chi connectivity index (χ0) is 14.4. The summed E-state index contributed by atoms with van der Waals surface area (Å²) in [4.78, 5) is 0.887. The van der Waals surface area contributed by atoms with Gasteiger partial charge in [0.05, 0.1) is 10.4 Å². The first kappa shape index (κ1) is 12.0. The molecule has 3 aromatic heterocycles. The van der Waals surface area contributed by atoms with E-state index in [4.69, 9.17) is 5.26 Å². The van der Waals surface area contributed by atoms with Crippen LogP contribution in [0.15, 0.2) is 42.6 Å². The van der Waals surface area contributed by atoms with E-state index in [-0.39, 0.29) is 5.82 Å². The summed E-state index contributed by atoms with van der Waals surface area (Å²) in [5.41, 5.74) is 1.21. The summed E-state index contributed by atoms with van der Waals surface area (Å²) in [7, 11) is 0. The summed E-state index contributed by atoms with van der Waals surface area (Å²) >= 11 is 1.45. The Morgan fingerprint density at radius 3 is 2.90 bits per heavy atom. The number of nitrogens with zero attached hydrogens (tertiary/aromatic N) is 4. The Hall–Kier alpha value is -2.78. The van der Waals surface area contributed by atoms with Gasteiger partial charge in [0.25, 0.3) is 0 Å². The second-order valence-electron chi connectivity index (χ2n) is 4.57. The fourth-order valence-corrected chi connectivity index (χ4v) is 3.31. The Balaban J connectivity index is 1.97. The van der Waals surface area contributed by atoms with E-state index in [0.29, 0.717) is 17.0 Å². The van der Waals surface area contributed by atoms with Crippen molar-refractivity contribution >= 4 is 27.1 Å². The maximum Gasteiger partial charge on any atom is 0.178 e. The maximum atomic E-state index is 13.3. The van der Waals surface area contributed by atoms with Crippen molar-refractivity contribution in [3.63, 3.8) is 0 Å². The van der Waals surface area contributed by atoms with Crippen LogP contribution in [0.1, 0.15) is 5.56 Å². The van der Waals surface area contributed by atoms with Crippen molar-refractivity contribution in [1.82, 2.24) is 14.6 Å². The van der Waals surface area contributed by atoms with Gasteiger partial charge in [-0.15, -0.1) is 21.5 Å². The Labute approximate surface area is 122 Å². The van der Waals surface area contributed by atoms with Crippen LogP contribution in [0.3, 0.4) is 0 Å². The van der Waals surface area contributed by atoms with Crippen LogP contribution in [0, 0.1) is 17.1 Å². The first-order valence-corrected chi connectivity index (χ1v) is 7.00. The van der Waals surface area contributed by atoms with Gasteiger partial charge < -0.3 is 0 Å². The molecule has 0 aliphatic rings. The zero-order valence-corrected chi connectivity index (χ0v) is 11.4. The number of pyridine rings is 1. The van der Waals surface area contributed by atoms with E-state index in [0.717, 1.165) is 15.0 Å². The summed E-state index contributed by atoms with van der Waals surface area (Å²) in [6, 6.07) is 12.2. The van der Waals surface area contributed by atoms with Crippen molar-refractivity contribution in [2.24, 2.45) is 0 Å². The third-order valence-corrected chi connectivity index (χ3v) is 4.33. The molecule has 0 amide bonds. The van der Waals surface area contributed by atoms with Crippen LogP contribution in [0.5, 0.6) is 0 Å². The van der Waals surface area contributed by atoms with Crippen LogP contribution in [0.25, 0.3) is 26.4 Å². The van der Waals surface area contributed by atoms with Crippen molar-refractivity contribution < 1.29 is 4.39 Å². The van der Waals surface area contributed by atoms with Crippen LogP contribution >= 0.6 is 11.3 Å². The molecule has 0 bridgehead atoms. The smallest absolute Gasteiger partial charge is 0.178 e. The lowest BCUT2D eigenvalue weighted by Crippen LogP contribution is -1.88. The monoisotopic (exact) mass is 294 g/mol. The molecule has 4 aromatic rings. The van der Waals surface area contributed by atoms with Gasteiger partial charge in [-0.3, -0.25) is 4.40 Å². The predicted molar refractivity (Wildman–Crippen MR) is 78.5 cm³/mol. The molecule has 4 nitrogen and oxygen atoms in total. The average molecular weight is 294 g/mol. The van der Waals surface area contributed by atoms with Crippen LogP contribution in [0.2, 0.25) is 0 Å². The van der Waals surface area contributed by atoms with Crippen molar-refractivity contribution in [1.29, 1.82) is 5.26 Å². The van der Waals surface area contributed by atoms with E-state index >= 15 is 0 Å². The van der Waals surface area contributed by atoms with E-state index < -0.39 is 0 Å². The van der Waals surface area contributed by atoms with Crippen LogP contribution in [-0.2, 0) is 0 Å². The third kappa shape index (κ3) is 1.87. The first-order chi connectivity index (χ1) is 10.2. The van der Waals surface area contributed by atoms with Crippen molar-refractivity contribution in [2.75, 3.05) is 0 Å². The summed E-state index contributed by atoms with van der Waals surface area (Å²) in [5, 5.41) is 18.2. The molecule has 21 heavy (non-hydrogen) atoms. The third-order valence-electron chi connectivity index (χ3n) is 3.23. The highest BCUT2D eigenvalue weighted by molar-refractivity contribution is 7.22. The largest absolute Gasteiger partial charge is 0.280 e. The van der Waals surface area contributed by atoms with E-state index in [9.17, 15) is 4.39 Å². The first-order valence-electron chi connectivity index (χ1n) is 6.19. The quantitative estimate of drug-likeness (QED) is 0.539. The van der Waals surface area contributed by atoms with Gasteiger partial charge in [0.2, 0.25) is 0 Å². The Kier molecular flexibility index (Phi) is 2.49. The van der Waals surface area contributed by atoms with E-state index in [2.05, 4.69) is 16.3 Å². The Morgan fingerprint density at radius 1 is 1.14 bits per heavy atom.